The monoisotopic (exact) mass is 136 g/mol. The topological polar surface area (TPSA) is 36.9 Å². The van der Waals surface area contributed by atoms with Gasteiger partial charge in [0, 0.05) is 0 Å². The molecule has 0 spiro atoms. The molecule has 0 aromatic heterocycles. The molecule has 0 heterocycles. The molecule has 0 aliphatic heterocycles. The summed E-state index contributed by atoms with van der Waals surface area (Å²) in [5, 5.41) is 0. The minimum Gasteiger partial charge on any atom is -0.240 e. The molecule has 0 saturated carbocycles. The third-order valence-electron chi connectivity index (χ3n) is 0.681. The van der Waals surface area contributed by atoms with Crippen molar-refractivity contribution in [3.8, 4) is 0 Å². The normalized spacial score (nSPS) is 13.7. The third-order valence-corrected chi connectivity index (χ3v) is 0.681. The Labute approximate surface area is 54.5 Å². The van der Waals surface area contributed by atoms with Crippen molar-refractivity contribution < 1.29 is 19.6 Å². The molecule has 0 aromatic carbocycles. The van der Waals surface area contributed by atoms with Gasteiger partial charge >= 0.3 is 0 Å². The van der Waals surface area contributed by atoms with Crippen molar-refractivity contribution in [3.05, 3.63) is 0 Å². The van der Waals surface area contributed by atoms with Crippen molar-refractivity contribution in [2.45, 2.75) is 13.0 Å². The Morgan fingerprint density at radius 1 is 1.22 bits per heavy atom. The molecule has 1 atom stereocenters. The summed E-state index contributed by atoms with van der Waals surface area (Å²) >= 11 is 0. The summed E-state index contributed by atoms with van der Waals surface area (Å²) in [6.07, 6.45) is -0.102. The van der Waals surface area contributed by atoms with E-state index in [0.29, 0.717) is 6.61 Å². The van der Waals surface area contributed by atoms with E-state index in [2.05, 4.69) is 19.6 Å². The van der Waals surface area contributed by atoms with Crippen LogP contribution in [0.4, 0.5) is 0 Å². The highest BCUT2D eigenvalue weighted by atomic mass is 17.2. The Balaban J connectivity index is 2.95. The molecule has 0 saturated heterocycles. The van der Waals surface area contributed by atoms with Gasteiger partial charge in [-0.25, -0.2) is 19.6 Å². The second-order valence-electron chi connectivity index (χ2n) is 1.52. The predicted octanol–water partition coefficient (Wildman–Crippen LogP) is 0.531. The van der Waals surface area contributed by atoms with Crippen LogP contribution in [0.2, 0.25) is 0 Å². The number of hydrogen-bond acceptors (Lipinski definition) is 4. The van der Waals surface area contributed by atoms with Crippen LogP contribution in [0.1, 0.15) is 6.92 Å². The van der Waals surface area contributed by atoms with Crippen molar-refractivity contribution in [3.63, 3.8) is 0 Å². The summed E-state index contributed by atoms with van der Waals surface area (Å²) in [4.78, 5) is 17.9. The molecule has 0 aromatic rings. The highest BCUT2D eigenvalue weighted by Gasteiger charge is 2.00. The van der Waals surface area contributed by atoms with E-state index in [1.165, 1.54) is 14.2 Å². The molecule has 0 amide bonds. The van der Waals surface area contributed by atoms with Crippen LogP contribution >= 0.6 is 0 Å². The van der Waals surface area contributed by atoms with Crippen LogP contribution in [-0.4, -0.2) is 26.9 Å². The van der Waals surface area contributed by atoms with Gasteiger partial charge in [0.15, 0.2) is 0 Å². The van der Waals surface area contributed by atoms with E-state index < -0.39 is 0 Å². The SMILES string of the molecule is COOCC(C)OOC. The van der Waals surface area contributed by atoms with Gasteiger partial charge in [0.1, 0.15) is 12.7 Å². The second-order valence-corrected chi connectivity index (χ2v) is 1.52. The van der Waals surface area contributed by atoms with Crippen LogP contribution in [0.25, 0.3) is 0 Å². The lowest BCUT2D eigenvalue weighted by atomic mass is 10.5. The fourth-order valence-electron chi connectivity index (χ4n) is 0.356. The molecule has 0 bridgehead atoms. The standard InChI is InChI=1S/C5H12O4/c1-5(9-7-3)4-8-6-2/h5H,4H2,1-3H3. The highest BCUT2D eigenvalue weighted by molar-refractivity contribution is 4.38. The summed E-state index contributed by atoms with van der Waals surface area (Å²) in [6.45, 7) is 2.17. The smallest absolute Gasteiger partial charge is 0.117 e. The van der Waals surface area contributed by atoms with Crippen LogP contribution in [0.3, 0.4) is 0 Å². The first-order valence-electron chi connectivity index (χ1n) is 2.66. The van der Waals surface area contributed by atoms with Gasteiger partial charge in [-0.1, -0.05) is 0 Å². The summed E-state index contributed by atoms with van der Waals surface area (Å²) in [5.41, 5.74) is 0. The van der Waals surface area contributed by atoms with Crippen LogP contribution in [0.5, 0.6) is 0 Å². The predicted molar refractivity (Wildman–Crippen MR) is 30.5 cm³/mol. The first-order chi connectivity index (χ1) is 4.31. The van der Waals surface area contributed by atoms with E-state index in [-0.39, 0.29) is 6.10 Å². The molecule has 4 heteroatoms. The summed E-state index contributed by atoms with van der Waals surface area (Å²) < 4.78 is 0. The van der Waals surface area contributed by atoms with Gasteiger partial charge in [-0.3, -0.25) is 0 Å². The maximum atomic E-state index is 4.64. The Morgan fingerprint density at radius 3 is 2.33 bits per heavy atom. The Hall–Kier alpha value is -0.160. The summed E-state index contributed by atoms with van der Waals surface area (Å²) in [5.74, 6) is 0. The summed E-state index contributed by atoms with van der Waals surface area (Å²) in [6, 6.07) is 0. The minimum atomic E-state index is -0.102. The van der Waals surface area contributed by atoms with Crippen LogP contribution in [0, 0.1) is 0 Å². The van der Waals surface area contributed by atoms with Crippen molar-refractivity contribution in [1.82, 2.24) is 0 Å². The van der Waals surface area contributed by atoms with Gasteiger partial charge < -0.3 is 0 Å². The van der Waals surface area contributed by atoms with Gasteiger partial charge in [0.05, 0.1) is 14.2 Å². The van der Waals surface area contributed by atoms with Crippen molar-refractivity contribution in [2.75, 3.05) is 20.8 Å². The van der Waals surface area contributed by atoms with E-state index in [0.717, 1.165) is 0 Å². The molecule has 9 heavy (non-hydrogen) atoms. The highest BCUT2D eigenvalue weighted by Crippen LogP contribution is 1.90. The molecule has 0 fully saturated rings. The zero-order chi connectivity index (χ0) is 7.11. The van der Waals surface area contributed by atoms with Crippen molar-refractivity contribution in [1.29, 1.82) is 0 Å². The van der Waals surface area contributed by atoms with Gasteiger partial charge in [-0.15, -0.1) is 0 Å². The van der Waals surface area contributed by atoms with Gasteiger partial charge in [0.25, 0.3) is 0 Å². The second kappa shape index (κ2) is 5.97. The zero-order valence-electron chi connectivity index (χ0n) is 5.92. The van der Waals surface area contributed by atoms with E-state index in [4.69, 9.17) is 0 Å². The molecule has 4 nitrogen and oxygen atoms in total. The first kappa shape index (κ1) is 8.84. The maximum absolute atomic E-state index is 4.64. The molecular formula is C5H12O4. The van der Waals surface area contributed by atoms with E-state index in [9.17, 15) is 0 Å². The summed E-state index contributed by atoms with van der Waals surface area (Å²) in [7, 11) is 2.89. The fraction of sp³-hybridized carbons (Fsp3) is 1.00. The van der Waals surface area contributed by atoms with Crippen LogP contribution in [0.15, 0.2) is 0 Å². The van der Waals surface area contributed by atoms with Gasteiger partial charge in [0.2, 0.25) is 0 Å². The van der Waals surface area contributed by atoms with E-state index in [1.54, 1.807) is 0 Å². The molecule has 0 rings (SSSR count). The Morgan fingerprint density at radius 2 is 1.89 bits per heavy atom. The van der Waals surface area contributed by atoms with E-state index >= 15 is 0 Å². The maximum Gasteiger partial charge on any atom is 0.117 e. The lowest BCUT2D eigenvalue weighted by molar-refractivity contribution is -0.345. The Bertz CT molecular complexity index is 56.9. The van der Waals surface area contributed by atoms with Crippen molar-refractivity contribution >= 4 is 0 Å². The number of hydrogen-bond donors (Lipinski definition) is 0. The van der Waals surface area contributed by atoms with Gasteiger partial charge in [-0.2, -0.15) is 0 Å². The number of rotatable bonds is 5. The minimum absolute atomic E-state index is 0.102. The molecule has 1 unspecified atom stereocenters. The molecular weight excluding hydrogens is 124 g/mol. The average Bonchev–Trinajstić information content (AvgIpc) is 1.85. The quantitative estimate of drug-likeness (QED) is 0.408. The fourth-order valence-corrected chi connectivity index (χ4v) is 0.356. The molecule has 0 N–H and O–H groups in total. The Kier molecular flexibility index (Phi) is 5.86. The largest absolute Gasteiger partial charge is 0.240 e. The third kappa shape index (κ3) is 5.72. The lowest BCUT2D eigenvalue weighted by Crippen LogP contribution is -2.14. The van der Waals surface area contributed by atoms with Crippen LogP contribution in [-0.2, 0) is 19.6 Å². The molecule has 56 valence electrons. The molecule has 0 aliphatic rings. The van der Waals surface area contributed by atoms with Gasteiger partial charge in [-0.05, 0) is 6.92 Å². The van der Waals surface area contributed by atoms with Crippen molar-refractivity contribution in [2.24, 2.45) is 0 Å². The molecule has 0 radical (unpaired) electrons. The first-order valence-corrected chi connectivity index (χ1v) is 2.66. The zero-order valence-corrected chi connectivity index (χ0v) is 5.92. The molecule has 0 aliphatic carbocycles. The average molecular weight is 136 g/mol. The lowest BCUT2D eigenvalue weighted by Gasteiger charge is -2.07. The van der Waals surface area contributed by atoms with Crippen LogP contribution < -0.4 is 0 Å². The van der Waals surface area contributed by atoms with E-state index in [1.807, 2.05) is 6.92 Å².